The third-order valence-corrected chi connectivity index (χ3v) is 1.95. The predicted molar refractivity (Wildman–Crippen MR) is 77.8 cm³/mol. The van der Waals surface area contributed by atoms with Crippen molar-refractivity contribution in [2.75, 3.05) is 14.4 Å². The van der Waals surface area contributed by atoms with Crippen molar-refractivity contribution in [2.24, 2.45) is 5.41 Å². The van der Waals surface area contributed by atoms with Crippen molar-refractivity contribution >= 4 is 5.78 Å². The molecule has 0 aromatic carbocycles. The Balaban J connectivity index is -0.0000000932. The average Bonchev–Trinajstić information content (AvgIpc) is 2.55. The fourth-order valence-corrected chi connectivity index (χ4v) is 0.951. The fourth-order valence-electron chi connectivity index (χ4n) is 0.951. The summed E-state index contributed by atoms with van der Waals surface area (Å²) in [7, 11) is 1.00. The molecule has 1 aromatic heterocycles. The molecule has 0 saturated heterocycles. The number of aromatic nitrogens is 1. The first kappa shape index (κ1) is 19.9. The molecule has 0 radical (unpaired) electrons. The summed E-state index contributed by atoms with van der Waals surface area (Å²) < 4.78 is 42.0. The van der Waals surface area contributed by atoms with Crippen molar-refractivity contribution in [2.45, 2.75) is 34.6 Å². The first-order valence-corrected chi connectivity index (χ1v) is 5.18. The van der Waals surface area contributed by atoms with Gasteiger partial charge in [-0.05, 0) is 17.7 Å². The summed E-state index contributed by atoms with van der Waals surface area (Å²) in [6, 6.07) is 3.76. The van der Waals surface area contributed by atoms with Gasteiger partial charge in [-0.2, -0.15) is 0 Å². The van der Waals surface area contributed by atoms with Crippen LogP contribution < -0.4 is 0 Å². The molecule has 0 aliphatic rings. The lowest BCUT2D eigenvalue weighted by Crippen LogP contribution is -2.21. The number of nitrogens with zero attached hydrogens (tertiary/aromatic N) is 1. The van der Waals surface area contributed by atoms with Crippen LogP contribution in [0.3, 0.4) is 0 Å². The Morgan fingerprint density at radius 1 is 1.32 bits per heavy atom. The topological polar surface area (TPSA) is 30.0 Å². The second-order valence-corrected chi connectivity index (χ2v) is 4.21. The van der Waals surface area contributed by atoms with Gasteiger partial charge in [0.25, 0.3) is 1.45 Å². The lowest BCUT2D eigenvalue weighted by Gasteiger charge is -2.16. The molecule has 2 nitrogen and oxygen atoms in total. The van der Waals surface area contributed by atoms with Gasteiger partial charge in [-0.3, -0.25) is 23.3 Å². The van der Waals surface area contributed by atoms with E-state index < -0.39 is 0 Å². The van der Waals surface area contributed by atoms with E-state index in [9.17, 15) is 13.6 Å². The summed E-state index contributed by atoms with van der Waals surface area (Å²) in [6.07, 6.45) is 3.93. The van der Waals surface area contributed by atoms with Gasteiger partial charge in [-0.15, -0.1) is 0 Å². The lowest BCUT2D eigenvalue weighted by molar-refractivity contribution is -0.125. The number of Topliss-reactive ketones (excluding diaryl/α,β-unsaturated/α-hetero) is 1. The van der Waals surface area contributed by atoms with Crippen LogP contribution in [-0.4, -0.2) is 26.6 Å². The number of ketones is 1. The number of rotatable bonds is 2. The Kier molecular flexibility index (Phi) is 15.4. The van der Waals surface area contributed by atoms with Gasteiger partial charge in [0.15, 0.2) is 0 Å². The Labute approximate surface area is 119 Å². The van der Waals surface area contributed by atoms with Gasteiger partial charge in [0.1, 0.15) is 5.78 Å². The highest BCUT2D eigenvalue weighted by Gasteiger charge is 2.20. The summed E-state index contributed by atoms with van der Waals surface area (Å²) in [5.74, 6) is 0.263. The highest BCUT2D eigenvalue weighted by molar-refractivity contribution is 5.85. The third-order valence-electron chi connectivity index (χ3n) is 1.95. The molecule has 0 unspecified atom stereocenters. The smallest absolute Gasteiger partial charge is 0.269 e. The van der Waals surface area contributed by atoms with Gasteiger partial charge in [-0.25, -0.2) is 0 Å². The Morgan fingerprint density at radius 2 is 1.68 bits per heavy atom. The maximum absolute atomic E-state index is 11.6. The van der Waals surface area contributed by atoms with Crippen LogP contribution in [0.5, 0.6) is 0 Å². The van der Waals surface area contributed by atoms with E-state index in [1.807, 2.05) is 32.9 Å². The number of carbonyl (C=O) groups excluding carboxylic acids is 1. The molecule has 1 rings (SSSR count). The van der Waals surface area contributed by atoms with Crippen LogP contribution in [0.1, 0.15) is 36.7 Å². The van der Waals surface area contributed by atoms with Crippen molar-refractivity contribution in [1.82, 2.24) is 4.98 Å². The summed E-state index contributed by atoms with van der Waals surface area (Å²) in [5.41, 5.74) is 0.790. The van der Waals surface area contributed by atoms with E-state index in [4.69, 9.17) is 7.69 Å². The summed E-state index contributed by atoms with van der Waals surface area (Å²) in [5, 5.41) is 0. The standard InChI is InChI=1S/C11H15NO.2CH3F.CH4.FH.H2/c1-11(2,3)10(13)8-9-4-6-12-7-5-9;2*1-2;;;/h4-7H,8H2,1-3H3;2*1H3;1H4;2*1H/i;;;;;1+2T/hT. The van der Waals surface area contributed by atoms with Crippen LogP contribution in [0.15, 0.2) is 24.5 Å². The number of halogens is 3. The summed E-state index contributed by atoms with van der Waals surface area (Å²) in [6.45, 7) is 5.82. The fraction of sp³-hybridized carbons (Fsp3) is 0.571. The normalized spacial score (nSPS) is 9.16. The van der Waals surface area contributed by atoms with Crippen molar-refractivity contribution in [3.05, 3.63) is 30.1 Å². The number of alkyl halides is 2. The molecule has 0 atom stereocenters. The largest absolute Gasteiger partial charge is 0.299 e. The first-order chi connectivity index (χ1) is 10.00. The monoisotopic (exact) mass is 289 g/mol. The molecule has 0 bridgehead atoms. The van der Waals surface area contributed by atoms with Crippen molar-refractivity contribution in [3.8, 4) is 0 Å². The zero-order valence-corrected chi connectivity index (χ0v) is 11.5. The SMILES string of the molecule is C.CC(C)(C)C(=O)Cc1ccncc1.CF.CF.[3H]F.[3H][3H]. The van der Waals surface area contributed by atoms with Crippen LogP contribution in [0, 0.1) is 5.41 Å². The van der Waals surface area contributed by atoms with Crippen molar-refractivity contribution in [1.29, 1.82) is 1.45 Å². The maximum atomic E-state index is 11.6. The minimum Gasteiger partial charge on any atom is -0.299 e. The van der Waals surface area contributed by atoms with E-state index >= 15 is 0 Å². The van der Waals surface area contributed by atoms with Gasteiger partial charge < -0.3 is 0 Å². The number of hydrogen-bond acceptors (Lipinski definition) is 2. The second-order valence-electron chi connectivity index (χ2n) is 4.21. The van der Waals surface area contributed by atoms with E-state index in [1.165, 1.54) is 0 Å². The molecule has 1 aromatic rings. The van der Waals surface area contributed by atoms with Gasteiger partial charge >= 0.3 is 0 Å². The van der Waals surface area contributed by atoms with E-state index in [1.54, 1.807) is 12.4 Å². The van der Waals surface area contributed by atoms with E-state index in [0.717, 1.165) is 5.56 Å². The molecule has 19 heavy (non-hydrogen) atoms. The molecule has 1 heterocycles. The lowest BCUT2D eigenvalue weighted by atomic mass is 9.87. The second kappa shape index (κ2) is 14.7. The van der Waals surface area contributed by atoms with Gasteiger partial charge in [0.05, 0.1) is 14.4 Å². The molecule has 0 aliphatic carbocycles. The van der Waals surface area contributed by atoms with Crippen molar-refractivity contribution in [3.63, 3.8) is 0 Å². The van der Waals surface area contributed by atoms with E-state index in [-0.39, 0.29) is 18.6 Å². The Hall–Kier alpha value is -1.39. The highest BCUT2D eigenvalue weighted by Crippen LogP contribution is 2.17. The third kappa shape index (κ3) is 12.9. The zero-order chi connectivity index (χ0) is 17.9. The highest BCUT2D eigenvalue weighted by atomic mass is 19.1. The van der Waals surface area contributed by atoms with Crippen molar-refractivity contribution < 1.29 is 21.3 Å². The molecule has 0 amide bonds. The van der Waals surface area contributed by atoms with Crippen LogP contribution in [0.4, 0.5) is 13.5 Å². The molecule has 0 fully saturated rings. The quantitative estimate of drug-likeness (QED) is 0.805. The summed E-state index contributed by atoms with van der Waals surface area (Å²) >= 11 is 0. The minimum absolute atomic E-state index is 0. The van der Waals surface area contributed by atoms with Gasteiger partial charge in [0, 0.05) is 27.2 Å². The molecule has 0 saturated carbocycles. The molecular weight excluding hydrogens is 255 g/mol. The molecule has 0 aliphatic heterocycles. The maximum Gasteiger partial charge on any atom is 0.269 e. The van der Waals surface area contributed by atoms with Crippen LogP contribution in [0.25, 0.3) is 0 Å². The molecule has 116 valence electrons. The number of carbonyl (C=O) groups is 1. The average molecular weight is 289 g/mol. The van der Waals surface area contributed by atoms with E-state index in [0.29, 0.717) is 20.8 Å². The first-order valence-electron chi connectivity index (χ1n) is 6.56. The molecular formula is C14H28F3NO. The van der Waals surface area contributed by atoms with Crippen LogP contribution >= 0.6 is 0 Å². The van der Waals surface area contributed by atoms with Crippen LogP contribution in [-0.2, 0) is 11.2 Å². The van der Waals surface area contributed by atoms with Crippen LogP contribution in [0.2, 0.25) is 0 Å². The summed E-state index contributed by atoms with van der Waals surface area (Å²) in [4.78, 5) is 15.5. The van der Waals surface area contributed by atoms with Gasteiger partial charge in [0.2, 0.25) is 0 Å². The number of pyridine rings is 1. The minimum atomic E-state index is -0.247. The Bertz CT molecular complexity index is 310. The van der Waals surface area contributed by atoms with Gasteiger partial charge in [-0.1, -0.05) is 28.2 Å². The molecule has 0 N–H and O–H groups in total. The predicted octanol–water partition coefficient (Wildman–Crippen LogP) is 4.45. The molecule has 5 heteroatoms. The Morgan fingerprint density at radius 3 is 2.00 bits per heavy atom. The van der Waals surface area contributed by atoms with E-state index in [2.05, 4.69) is 6.43 Å². The molecule has 0 spiro atoms. The number of hydrogen-bond donors (Lipinski definition) is 0. The zero-order valence-electron chi connectivity index (χ0n) is 14.5.